The molecule has 3 aromatic rings. The number of rotatable bonds is 8. The molecule has 1 saturated carbocycles. The molecule has 4 rings (SSSR count). The summed E-state index contributed by atoms with van der Waals surface area (Å²) in [4.78, 5) is 10.7. The third kappa shape index (κ3) is 5.24. The summed E-state index contributed by atoms with van der Waals surface area (Å²) in [6, 6.07) is 14.0. The lowest BCUT2D eigenvalue weighted by Crippen LogP contribution is -2.01. The van der Waals surface area contributed by atoms with Crippen molar-refractivity contribution in [3.8, 4) is 18.1 Å². The highest BCUT2D eigenvalue weighted by atomic mass is 16.5. The van der Waals surface area contributed by atoms with E-state index in [-0.39, 0.29) is 5.92 Å². The molecule has 1 heterocycles. The van der Waals surface area contributed by atoms with Gasteiger partial charge in [0.05, 0.1) is 17.6 Å². The average Bonchev–Trinajstić information content (AvgIpc) is 3.51. The molecule has 1 N–H and O–H groups in total. The normalized spacial score (nSPS) is 13.8. The second kappa shape index (κ2) is 9.90. The lowest BCUT2D eigenvalue weighted by Gasteiger charge is -2.10. The number of ether oxygens (including phenoxy) is 1. The van der Waals surface area contributed by atoms with Gasteiger partial charge in [-0.3, -0.25) is 4.68 Å². The van der Waals surface area contributed by atoms with Gasteiger partial charge in [-0.1, -0.05) is 24.1 Å². The maximum absolute atomic E-state index is 10.7. The van der Waals surface area contributed by atoms with Crippen LogP contribution in [0.25, 0.3) is 10.9 Å². The number of terminal acetylenes is 1. The van der Waals surface area contributed by atoms with E-state index in [9.17, 15) is 4.79 Å². The fourth-order valence-corrected chi connectivity index (χ4v) is 3.28. The molecule has 5 nitrogen and oxygen atoms in total. The summed E-state index contributed by atoms with van der Waals surface area (Å²) in [5.41, 5.74) is 3.26. The average molecular weight is 390 g/mol. The predicted octanol–water partition coefficient (Wildman–Crippen LogP) is 3.94. The van der Waals surface area contributed by atoms with Gasteiger partial charge in [-0.05, 0) is 54.2 Å². The van der Waals surface area contributed by atoms with Crippen LogP contribution in [-0.2, 0) is 17.9 Å². The van der Waals surface area contributed by atoms with Crippen LogP contribution in [0, 0.1) is 18.3 Å². The Bertz CT molecular complexity index is 982. The van der Waals surface area contributed by atoms with E-state index >= 15 is 0 Å². The molecule has 0 radical (unpaired) electrons. The number of aliphatic hydroxyl groups is 1. The Hall–Kier alpha value is -3.10. The van der Waals surface area contributed by atoms with E-state index in [4.69, 9.17) is 16.3 Å². The van der Waals surface area contributed by atoms with E-state index in [0.717, 1.165) is 48.1 Å². The highest BCUT2D eigenvalue weighted by Gasteiger charge is 2.22. The molecule has 0 bridgehead atoms. The Balaban J connectivity index is 0.00000117. The second-order valence-electron chi connectivity index (χ2n) is 7.14. The molecule has 1 fully saturated rings. The van der Waals surface area contributed by atoms with Gasteiger partial charge in [0.2, 0.25) is 0 Å². The van der Waals surface area contributed by atoms with Crippen molar-refractivity contribution in [2.24, 2.45) is 5.92 Å². The quantitative estimate of drug-likeness (QED) is 0.467. The van der Waals surface area contributed by atoms with E-state index < -0.39 is 0 Å². The highest BCUT2D eigenvalue weighted by molar-refractivity contribution is 5.79. The van der Waals surface area contributed by atoms with Gasteiger partial charge >= 0.3 is 0 Å². The minimum Gasteiger partial charge on any atom is -0.489 e. The van der Waals surface area contributed by atoms with Crippen molar-refractivity contribution in [2.75, 3.05) is 7.11 Å². The smallest absolute Gasteiger partial charge is 0.121 e. The lowest BCUT2D eigenvalue weighted by atomic mass is 9.97. The minimum absolute atomic E-state index is 0.175. The molecule has 0 unspecified atom stereocenters. The van der Waals surface area contributed by atoms with E-state index in [2.05, 4.69) is 33.9 Å². The Morgan fingerprint density at radius 3 is 2.69 bits per heavy atom. The van der Waals surface area contributed by atoms with Crippen molar-refractivity contribution in [1.29, 1.82) is 0 Å². The molecule has 0 aliphatic heterocycles. The first-order valence-electron chi connectivity index (χ1n) is 9.78. The summed E-state index contributed by atoms with van der Waals surface area (Å²) in [5.74, 6) is 4.06. The van der Waals surface area contributed by atoms with Gasteiger partial charge < -0.3 is 14.6 Å². The zero-order chi connectivity index (χ0) is 20.6. The lowest BCUT2D eigenvalue weighted by molar-refractivity contribution is -0.107. The third-order valence-corrected chi connectivity index (χ3v) is 5.06. The van der Waals surface area contributed by atoms with Gasteiger partial charge in [0.1, 0.15) is 18.6 Å². The van der Waals surface area contributed by atoms with Gasteiger partial charge in [0.15, 0.2) is 0 Å². The van der Waals surface area contributed by atoms with Crippen molar-refractivity contribution in [3.05, 3.63) is 59.8 Å². The van der Waals surface area contributed by atoms with Crippen LogP contribution >= 0.6 is 0 Å². The second-order valence-corrected chi connectivity index (χ2v) is 7.14. The number of nitrogens with zero attached hydrogens (tertiary/aromatic N) is 2. The van der Waals surface area contributed by atoms with E-state index in [0.29, 0.717) is 13.0 Å². The Labute approximate surface area is 171 Å². The Kier molecular flexibility index (Phi) is 7.04. The highest BCUT2D eigenvalue weighted by Crippen LogP contribution is 2.31. The number of carbonyl (C=O) groups is 1. The first kappa shape index (κ1) is 20.6. The van der Waals surface area contributed by atoms with Crippen LogP contribution in [0.15, 0.2) is 48.7 Å². The maximum Gasteiger partial charge on any atom is 0.121 e. The number of carbonyl (C=O) groups excluding carboxylic acids is 1. The van der Waals surface area contributed by atoms with Crippen LogP contribution in [0.3, 0.4) is 0 Å². The summed E-state index contributed by atoms with van der Waals surface area (Å²) in [5, 5.41) is 12.7. The SMILES string of the molecule is C#C[C@@H](CC=O)c1ccc(OCc2ccc3c(cnn3CC3CC3)c2)cc1.CO. The van der Waals surface area contributed by atoms with Crippen LogP contribution in [0.1, 0.15) is 36.3 Å². The zero-order valence-electron chi connectivity index (χ0n) is 16.6. The van der Waals surface area contributed by atoms with E-state index in [1.165, 1.54) is 18.4 Å². The molecule has 150 valence electrons. The summed E-state index contributed by atoms with van der Waals surface area (Å²) < 4.78 is 8.01. The topological polar surface area (TPSA) is 64.3 Å². The fraction of sp³-hybridized carbons (Fsp3) is 0.333. The number of aldehydes is 1. The monoisotopic (exact) mass is 390 g/mol. The van der Waals surface area contributed by atoms with Crippen molar-refractivity contribution in [3.63, 3.8) is 0 Å². The van der Waals surface area contributed by atoms with Gasteiger partial charge in [-0.15, -0.1) is 6.42 Å². The summed E-state index contributed by atoms with van der Waals surface area (Å²) in [7, 11) is 1.00. The van der Waals surface area contributed by atoms with Crippen LogP contribution in [0.5, 0.6) is 5.75 Å². The molecule has 0 saturated heterocycles. The van der Waals surface area contributed by atoms with Crippen molar-refractivity contribution in [2.45, 2.75) is 38.3 Å². The maximum atomic E-state index is 10.7. The van der Waals surface area contributed by atoms with Crippen LogP contribution in [-0.4, -0.2) is 28.3 Å². The summed E-state index contributed by atoms with van der Waals surface area (Å²) >= 11 is 0. The first-order chi connectivity index (χ1) is 14.3. The molecule has 1 aliphatic rings. The molecule has 29 heavy (non-hydrogen) atoms. The van der Waals surface area contributed by atoms with Crippen LogP contribution < -0.4 is 4.74 Å². The van der Waals surface area contributed by atoms with Crippen molar-refractivity contribution in [1.82, 2.24) is 9.78 Å². The largest absolute Gasteiger partial charge is 0.489 e. The number of benzene rings is 2. The molecular formula is C24H26N2O3. The van der Waals surface area contributed by atoms with E-state index in [1.807, 2.05) is 30.5 Å². The van der Waals surface area contributed by atoms with Gasteiger partial charge in [0.25, 0.3) is 0 Å². The Morgan fingerprint density at radius 1 is 1.28 bits per heavy atom. The molecular weight excluding hydrogens is 364 g/mol. The first-order valence-corrected chi connectivity index (χ1v) is 9.78. The molecule has 5 heteroatoms. The van der Waals surface area contributed by atoms with Crippen LogP contribution in [0.2, 0.25) is 0 Å². The number of hydrogen-bond acceptors (Lipinski definition) is 4. The number of aliphatic hydroxyl groups excluding tert-OH is 1. The van der Waals surface area contributed by atoms with Crippen molar-refractivity contribution >= 4 is 17.2 Å². The van der Waals surface area contributed by atoms with E-state index in [1.54, 1.807) is 0 Å². The molecule has 1 atom stereocenters. The molecule has 0 amide bonds. The zero-order valence-corrected chi connectivity index (χ0v) is 16.6. The number of aromatic nitrogens is 2. The molecule has 1 aliphatic carbocycles. The predicted molar refractivity (Wildman–Crippen MR) is 114 cm³/mol. The van der Waals surface area contributed by atoms with Gasteiger partial charge in [-0.2, -0.15) is 5.10 Å². The van der Waals surface area contributed by atoms with Gasteiger partial charge in [-0.25, -0.2) is 0 Å². The van der Waals surface area contributed by atoms with Gasteiger partial charge in [0, 0.05) is 25.5 Å². The number of hydrogen-bond donors (Lipinski definition) is 1. The standard InChI is InChI=1S/C23H22N2O2.CH4O/c1-2-19(11-12-26)20-6-8-22(9-7-20)27-16-18-5-10-23-21(13-18)14-24-25(23)15-17-3-4-17;1-2/h1,5-10,12-14,17,19H,3-4,11,15-16H2;2H,1H3/t19-;/m0./s1. The molecule has 1 aromatic heterocycles. The number of fused-ring (bicyclic) bond motifs is 1. The van der Waals surface area contributed by atoms with Crippen LogP contribution in [0.4, 0.5) is 0 Å². The third-order valence-electron chi connectivity index (χ3n) is 5.06. The molecule has 0 spiro atoms. The fourth-order valence-electron chi connectivity index (χ4n) is 3.28. The summed E-state index contributed by atoms with van der Waals surface area (Å²) in [6.45, 7) is 1.52. The summed E-state index contributed by atoms with van der Waals surface area (Å²) in [6.07, 6.45) is 11.3. The van der Waals surface area contributed by atoms with Crippen molar-refractivity contribution < 1.29 is 14.6 Å². The Morgan fingerprint density at radius 2 is 2.03 bits per heavy atom. The minimum atomic E-state index is -0.175. The molecule has 2 aromatic carbocycles.